The fraction of sp³-hybridized carbons (Fsp3) is 0.643. The summed E-state index contributed by atoms with van der Waals surface area (Å²) in [6.45, 7) is 3.93. The van der Waals surface area contributed by atoms with Crippen LogP contribution in [-0.4, -0.2) is 41.4 Å². The zero-order chi connectivity index (χ0) is 15.4. The minimum Gasteiger partial charge on any atom is -0.396 e. The lowest BCUT2D eigenvalue weighted by atomic mass is 9.92. The smallest absolute Gasteiger partial charge is 0.330 e. The molecule has 1 aliphatic rings. The lowest BCUT2D eigenvalue weighted by Gasteiger charge is -2.18. The number of aliphatic hydroxyl groups is 1. The monoisotopic (exact) mass is 296 g/mol. The van der Waals surface area contributed by atoms with Crippen LogP contribution in [0.25, 0.3) is 0 Å². The van der Waals surface area contributed by atoms with Crippen LogP contribution in [0, 0.1) is 12.8 Å². The molecule has 0 saturated carbocycles. The van der Waals surface area contributed by atoms with Crippen LogP contribution in [-0.2, 0) is 14.3 Å². The maximum atomic E-state index is 12.3. The summed E-state index contributed by atoms with van der Waals surface area (Å²) in [6.07, 6.45) is 1.54. The molecule has 21 heavy (non-hydrogen) atoms. The number of aromatic nitrogens is 1. The number of carbonyl (C=O) groups excluding carboxylic acids is 2. The highest BCUT2D eigenvalue weighted by atomic mass is 16.6. The molecule has 7 nitrogen and oxygen atoms in total. The number of rotatable bonds is 5. The third kappa shape index (κ3) is 3.68. The van der Waals surface area contributed by atoms with Crippen LogP contribution >= 0.6 is 0 Å². The van der Waals surface area contributed by atoms with Crippen molar-refractivity contribution in [1.29, 1.82) is 0 Å². The zero-order valence-corrected chi connectivity index (χ0v) is 12.2. The van der Waals surface area contributed by atoms with Crippen molar-refractivity contribution in [3.63, 3.8) is 0 Å². The highest BCUT2D eigenvalue weighted by molar-refractivity contribution is 5.91. The van der Waals surface area contributed by atoms with Crippen LogP contribution in [0.4, 0.5) is 0 Å². The average Bonchev–Trinajstić information content (AvgIpc) is 3.10. The van der Waals surface area contributed by atoms with Crippen LogP contribution in [0.3, 0.4) is 0 Å². The Bertz CT molecular complexity index is 507. The van der Waals surface area contributed by atoms with E-state index in [1.54, 1.807) is 19.9 Å². The van der Waals surface area contributed by atoms with E-state index in [0.717, 1.165) is 13.0 Å². The summed E-state index contributed by atoms with van der Waals surface area (Å²) in [5, 5.41) is 16.0. The number of hydrogen-bond donors (Lipinski definition) is 2. The first-order valence-electron chi connectivity index (χ1n) is 7.06. The van der Waals surface area contributed by atoms with Gasteiger partial charge in [0.25, 0.3) is 0 Å². The summed E-state index contributed by atoms with van der Waals surface area (Å²) < 4.78 is 10.0. The molecule has 0 radical (unpaired) electrons. The van der Waals surface area contributed by atoms with Gasteiger partial charge in [-0.05, 0) is 32.2 Å². The van der Waals surface area contributed by atoms with Crippen LogP contribution in [0.2, 0.25) is 0 Å². The van der Waals surface area contributed by atoms with Crippen molar-refractivity contribution >= 4 is 11.9 Å². The summed E-state index contributed by atoms with van der Waals surface area (Å²) in [4.78, 5) is 24.1. The Kier molecular flexibility index (Phi) is 5.08. The van der Waals surface area contributed by atoms with Crippen LogP contribution in [0.1, 0.15) is 37.1 Å². The molecule has 1 aliphatic heterocycles. The number of nitrogens with one attached hydrogen (secondary N) is 1. The van der Waals surface area contributed by atoms with Gasteiger partial charge in [-0.2, -0.15) is 0 Å². The predicted molar refractivity (Wildman–Crippen MR) is 72.4 cm³/mol. The summed E-state index contributed by atoms with van der Waals surface area (Å²) in [6, 6.07) is 1.17. The molecular weight excluding hydrogens is 276 g/mol. The van der Waals surface area contributed by atoms with E-state index in [-0.39, 0.29) is 6.61 Å². The molecule has 1 fully saturated rings. The van der Waals surface area contributed by atoms with Crippen LogP contribution < -0.4 is 5.32 Å². The van der Waals surface area contributed by atoms with Gasteiger partial charge in [0.2, 0.25) is 0 Å². The molecule has 2 rings (SSSR count). The fourth-order valence-electron chi connectivity index (χ4n) is 2.38. The topological polar surface area (TPSA) is 102 Å². The van der Waals surface area contributed by atoms with E-state index < -0.39 is 29.8 Å². The fourth-order valence-corrected chi connectivity index (χ4v) is 2.38. The molecule has 0 bridgehead atoms. The molecule has 2 N–H and O–H groups in total. The lowest BCUT2D eigenvalue weighted by molar-refractivity contribution is -0.163. The number of hydrogen-bond acceptors (Lipinski definition) is 7. The largest absolute Gasteiger partial charge is 0.396 e. The second kappa shape index (κ2) is 6.82. The van der Waals surface area contributed by atoms with Crippen molar-refractivity contribution < 1.29 is 24.0 Å². The second-order valence-corrected chi connectivity index (χ2v) is 5.40. The molecule has 3 atom stereocenters. The molecule has 2 heterocycles. The highest BCUT2D eigenvalue weighted by Gasteiger charge is 2.35. The Morgan fingerprint density at radius 1 is 1.62 bits per heavy atom. The van der Waals surface area contributed by atoms with Crippen molar-refractivity contribution in [2.75, 3.05) is 13.2 Å². The molecule has 1 saturated heterocycles. The van der Waals surface area contributed by atoms with E-state index in [1.807, 2.05) is 0 Å². The van der Waals surface area contributed by atoms with E-state index in [2.05, 4.69) is 10.5 Å². The maximum absolute atomic E-state index is 12.3. The van der Waals surface area contributed by atoms with E-state index in [9.17, 15) is 14.7 Å². The normalized spacial score (nSPS) is 21.0. The van der Waals surface area contributed by atoms with E-state index in [4.69, 9.17) is 9.26 Å². The molecule has 2 unspecified atom stereocenters. The van der Waals surface area contributed by atoms with Crippen molar-refractivity contribution in [3.05, 3.63) is 17.5 Å². The van der Waals surface area contributed by atoms with Crippen molar-refractivity contribution in [2.45, 2.75) is 38.6 Å². The van der Waals surface area contributed by atoms with Crippen molar-refractivity contribution in [3.8, 4) is 0 Å². The predicted octanol–water partition coefficient (Wildman–Crippen LogP) is 0.517. The molecule has 0 aliphatic carbocycles. The number of carbonyl (C=O) groups is 2. The molecular formula is C14H20N2O5. The van der Waals surface area contributed by atoms with Crippen LogP contribution in [0.5, 0.6) is 0 Å². The summed E-state index contributed by atoms with van der Waals surface area (Å²) in [7, 11) is 0. The van der Waals surface area contributed by atoms with Gasteiger partial charge < -0.3 is 19.7 Å². The maximum Gasteiger partial charge on any atom is 0.330 e. The van der Waals surface area contributed by atoms with Crippen LogP contribution in [0.15, 0.2) is 10.6 Å². The first-order valence-corrected chi connectivity index (χ1v) is 7.06. The van der Waals surface area contributed by atoms with E-state index in [0.29, 0.717) is 17.9 Å². The molecule has 7 heteroatoms. The minimum absolute atomic E-state index is 0.227. The van der Waals surface area contributed by atoms with Gasteiger partial charge in [-0.25, -0.2) is 4.79 Å². The summed E-state index contributed by atoms with van der Waals surface area (Å²) in [5.74, 6) is -2.28. The van der Waals surface area contributed by atoms with Gasteiger partial charge in [0, 0.05) is 12.7 Å². The third-order valence-electron chi connectivity index (χ3n) is 3.61. The Labute approximate surface area is 122 Å². The summed E-state index contributed by atoms with van der Waals surface area (Å²) >= 11 is 0. The Hall–Kier alpha value is -1.73. The quantitative estimate of drug-likeness (QED) is 0.603. The lowest BCUT2D eigenvalue weighted by Crippen LogP contribution is -2.36. The van der Waals surface area contributed by atoms with Gasteiger partial charge in [0.1, 0.15) is 12.0 Å². The van der Waals surface area contributed by atoms with Gasteiger partial charge in [-0.3, -0.25) is 4.79 Å². The molecule has 1 aromatic heterocycles. The molecule has 0 aromatic carbocycles. The number of ether oxygens (including phenoxy) is 1. The first kappa shape index (κ1) is 15.7. The SMILES string of the molecule is Cc1cc([C@@H](C(=O)OC(=O)C2CCCN2)C(C)CO)on1. The number of aliphatic hydroxyl groups excluding tert-OH is 1. The van der Waals surface area contributed by atoms with Gasteiger partial charge in [0.15, 0.2) is 5.76 Å². The van der Waals surface area contributed by atoms with E-state index >= 15 is 0 Å². The average molecular weight is 296 g/mol. The first-order chi connectivity index (χ1) is 10.0. The number of esters is 2. The highest BCUT2D eigenvalue weighted by Crippen LogP contribution is 2.27. The summed E-state index contributed by atoms with van der Waals surface area (Å²) in [5.41, 5.74) is 0.622. The van der Waals surface area contributed by atoms with E-state index in [1.165, 1.54) is 0 Å². The van der Waals surface area contributed by atoms with Gasteiger partial charge in [-0.1, -0.05) is 12.1 Å². The standard InChI is InChI=1S/C14H20N2O5/c1-8(7-17)12(11-6-9(2)16-21-11)14(19)20-13(18)10-4-3-5-15-10/h6,8,10,12,15,17H,3-5,7H2,1-2H3/t8?,10?,12-/m0/s1. The van der Waals surface area contributed by atoms with Crippen molar-refractivity contribution in [2.24, 2.45) is 5.92 Å². The van der Waals surface area contributed by atoms with Crippen molar-refractivity contribution in [1.82, 2.24) is 10.5 Å². The van der Waals surface area contributed by atoms with Gasteiger partial charge in [0.05, 0.1) is 5.69 Å². The Morgan fingerprint density at radius 2 is 2.38 bits per heavy atom. The molecule has 0 spiro atoms. The minimum atomic E-state index is -0.846. The number of nitrogens with zero attached hydrogens (tertiary/aromatic N) is 1. The molecule has 116 valence electrons. The Balaban J connectivity index is 2.09. The Morgan fingerprint density at radius 3 is 2.90 bits per heavy atom. The number of aryl methyl sites for hydroxylation is 1. The third-order valence-corrected chi connectivity index (χ3v) is 3.61. The molecule has 1 aromatic rings. The van der Waals surface area contributed by atoms with Gasteiger partial charge in [-0.15, -0.1) is 0 Å². The zero-order valence-electron chi connectivity index (χ0n) is 12.2. The second-order valence-electron chi connectivity index (χ2n) is 5.40. The van der Waals surface area contributed by atoms with Gasteiger partial charge >= 0.3 is 11.9 Å². The molecule has 0 amide bonds.